The molecule has 0 radical (unpaired) electrons. The topological polar surface area (TPSA) is 70.7 Å². The molecule has 126 valence electrons. The number of nitrogens with one attached hydrogen (secondary N) is 2. The van der Waals surface area contributed by atoms with Crippen LogP contribution in [0.4, 0.5) is 0 Å². The normalized spacial score (nSPS) is 25.0. The Morgan fingerprint density at radius 2 is 2.00 bits per heavy atom. The summed E-state index contributed by atoms with van der Waals surface area (Å²) >= 11 is 0. The van der Waals surface area contributed by atoms with Crippen LogP contribution in [0, 0.1) is 5.41 Å². The van der Waals surface area contributed by atoms with Crippen molar-refractivity contribution in [1.29, 1.82) is 0 Å². The third-order valence-corrected chi connectivity index (χ3v) is 5.91. The van der Waals surface area contributed by atoms with Crippen molar-refractivity contribution >= 4 is 10.2 Å². The molecule has 0 spiro atoms. The standard InChI is InChI=1S/C14H31N3O3S/c1-6-15-9-8-10-17(5)21(18,19)16-12-11-13(20-7-2)14(12,3)4/h12-13,15-16H,6-11H2,1-5H3. The molecule has 2 atom stereocenters. The van der Waals surface area contributed by atoms with Gasteiger partial charge in [-0.15, -0.1) is 0 Å². The van der Waals surface area contributed by atoms with E-state index < -0.39 is 10.2 Å². The monoisotopic (exact) mass is 321 g/mol. The van der Waals surface area contributed by atoms with Crippen LogP contribution in [0.1, 0.15) is 40.5 Å². The minimum Gasteiger partial charge on any atom is -0.378 e. The Kier molecular flexibility index (Phi) is 7.06. The van der Waals surface area contributed by atoms with Gasteiger partial charge in [0.05, 0.1) is 6.10 Å². The van der Waals surface area contributed by atoms with E-state index in [1.165, 1.54) is 4.31 Å². The Morgan fingerprint density at radius 3 is 2.52 bits per heavy atom. The van der Waals surface area contributed by atoms with E-state index in [0.717, 1.165) is 25.9 Å². The maximum atomic E-state index is 12.3. The van der Waals surface area contributed by atoms with Gasteiger partial charge in [-0.1, -0.05) is 20.8 Å². The average Bonchev–Trinajstić information content (AvgIpc) is 2.42. The van der Waals surface area contributed by atoms with Crippen molar-refractivity contribution in [2.45, 2.75) is 52.7 Å². The summed E-state index contributed by atoms with van der Waals surface area (Å²) in [5.74, 6) is 0. The Balaban J connectivity index is 2.46. The molecule has 1 aliphatic carbocycles. The number of ether oxygens (including phenoxy) is 1. The predicted molar refractivity (Wildman–Crippen MR) is 85.4 cm³/mol. The Bertz CT molecular complexity index is 412. The van der Waals surface area contributed by atoms with Gasteiger partial charge in [0.15, 0.2) is 0 Å². The summed E-state index contributed by atoms with van der Waals surface area (Å²) in [4.78, 5) is 0. The van der Waals surface area contributed by atoms with Gasteiger partial charge in [-0.3, -0.25) is 0 Å². The number of hydrogen-bond donors (Lipinski definition) is 2. The van der Waals surface area contributed by atoms with Crippen molar-refractivity contribution in [1.82, 2.24) is 14.3 Å². The predicted octanol–water partition coefficient (Wildman–Crippen LogP) is 0.956. The lowest BCUT2D eigenvalue weighted by molar-refractivity contribution is -0.108. The van der Waals surface area contributed by atoms with E-state index in [-0.39, 0.29) is 17.6 Å². The van der Waals surface area contributed by atoms with Crippen LogP contribution in [-0.2, 0) is 14.9 Å². The van der Waals surface area contributed by atoms with E-state index in [9.17, 15) is 8.42 Å². The molecule has 0 heterocycles. The molecule has 0 aliphatic heterocycles. The highest BCUT2D eigenvalue weighted by atomic mass is 32.2. The van der Waals surface area contributed by atoms with Crippen molar-refractivity contribution in [3.63, 3.8) is 0 Å². The molecular formula is C14H31N3O3S. The Labute approximate surface area is 129 Å². The lowest BCUT2D eigenvalue weighted by Gasteiger charge is -2.51. The third-order valence-electron chi connectivity index (χ3n) is 4.32. The van der Waals surface area contributed by atoms with Gasteiger partial charge < -0.3 is 10.1 Å². The SMILES string of the molecule is CCNCCCN(C)S(=O)(=O)NC1CC(OCC)C1(C)C. The highest BCUT2D eigenvalue weighted by Crippen LogP contribution is 2.43. The van der Waals surface area contributed by atoms with Crippen LogP contribution in [0.3, 0.4) is 0 Å². The van der Waals surface area contributed by atoms with Crippen LogP contribution in [0.15, 0.2) is 0 Å². The van der Waals surface area contributed by atoms with Crippen molar-refractivity contribution in [2.75, 3.05) is 33.3 Å². The summed E-state index contributed by atoms with van der Waals surface area (Å²) < 4.78 is 34.4. The van der Waals surface area contributed by atoms with E-state index in [1.807, 2.05) is 13.8 Å². The molecule has 1 aliphatic rings. The van der Waals surface area contributed by atoms with Crippen molar-refractivity contribution in [3.8, 4) is 0 Å². The van der Waals surface area contributed by atoms with Crippen molar-refractivity contribution < 1.29 is 13.2 Å². The minimum absolute atomic E-state index is 0.0599. The molecule has 0 aromatic heterocycles. The molecule has 1 saturated carbocycles. The molecule has 0 bridgehead atoms. The summed E-state index contributed by atoms with van der Waals surface area (Å²) in [5, 5.41) is 3.19. The van der Waals surface area contributed by atoms with Crippen LogP contribution < -0.4 is 10.0 Å². The smallest absolute Gasteiger partial charge is 0.279 e. The van der Waals surface area contributed by atoms with Gasteiger partial charge in [0, 0.05) is 31.7 Å². The van der Waals surface area contributed by atoms with Crippen LogP contribution in [0.2, 0.25) is 0 Å². The van der Waals surface area contributed by atoms with Gasteiger partial charge in [0.1, 0.15) is 0 Å². The molecule has 2 unspecified atom stereocenters. The molecule has 2 N–H and O–H groups in total. The second-order valence-corrected chi connectivity index (χ2v) is 8.01. The third kappa shape index (κ3) is 4.89. The van der Waals surface area contributed by atoms with E-state index in [0.29, 0.717) is 13.2 Å². The zero-order chi connectivity index (χ0) is 16.1. The van der Waals surface area contributed by atoms with Gasteiger partial charge in [-0.2, -0.15) is 17.4 Å². The largest absolute Gasteiger partial charge is 0.378 e. The summed E-state index contributed by atoms with van der Waals surface area (Å²) in [5.41, 5.74) is -0.159. The van der Waals surface area contributed by atoms with E-state index >= 15 is 0 Å². The second-order valence-electron chi connectivity index (χ2n) is 6.21. The Hall–Kier alpha value is -0.210. The minimum atomic E-state index is -3.42. The lowest BCUT2D eigenvalue weighted by atomic mass is 9.65. The van der Waals surface area contributed by atoms with E-state index in [1.54, 1.807) is 7.05 Å². The van der Waals surface area contributed by atoms with E-state index in [4.69, 9.17) is 4.74 Å². The summed E-state index contributed by atoms with van der Waals surface area (Å²) in [6.07, 6.45) is 1.68. The molecule has 0 saturated heterocycles. The lowest BCUT2D eigenvalue weighted by Crippen LogP contribution is -2.63. The average molecular weight is 321 g/mol. The number of rotatable bonds is 10. The van der Waals surface area contributed by atoms with E-state index in [2.05, 4.69) is 23.9 Å². The van der Waals surface area contributed by atoms with Crippen LogP contribution in [0.5, 0.6) is 0 Å². The van der Waals surface area contributed by atoms with Crippen LogP contribution >= 0.6 is 0 Å². The first-order valence-corrected chi connectivity index (χ1v) is 9.25. The van der Waals surface area contributed by atoms with Crippen LogP contribution in [-0.4, -0.2) is 58.2 Å². The summed E-state index contributed by atoms with van der Waals surface area (Å²) in [6.45, 7) is 11.0. The molecule has 21 heavy (non-hydrogen) atoms. The fraction of sp³-hybridized carbons (Fsp3) is 1.00. The fourth-order valence-corrected chi connectivity index (χ4v) is 3.87. The van der Waals surface area contributed by atoms with Crippen molar-refractivity contribution in [2.24, 2.45) is 5.41 Å². The zero-order valence-corrected chi connectivity index (χ0v) is 14.8. The molecule has 1 fully saturated rings. The highest BCUT2D eigenvalue weighted by Gasteiger charge is 2.50. The first-order valence-electron chi connectivity index (χ1n) is 7.81. The maximum Gasteiger partial charge on any atom is 0.279 e. The fourth-order valence-electron chi connectivity index (χ4n) is 2.56. The number of nitrogens with zero attached hydrogens (tertiary/aromatic N) is 1. The quantitative estimate of drug-likeness (QED) is 0.588. The molecule has 0 amide bonds. The first-order chi connectivity index (χ1) is 9.75. The van der Waals surface area contributed by atoms with Gasteiger partial charge in [0.2, 0.25) is 0 Å². The molecule has 0 aromatic carbocycles. The zero-order valence-electron chi connectivity index (χ0n) is 14.0. The summed E-state index contributed by atoms with van der Waals surface area (Å²) in [6, 6.07) is -0.0599. The van der Waals surface area contributed by atoms with Gasteiger partial charge in [-0.05, 0) is 32.9 Å². The highest BCUT2D eigenvalue weighted by molar-refractivity contribution is 7.87. The molecule has 0 aromatic rings. The van der Waals surface area contributed by atoms with Gasteiger partial charge in [-0.25, -0.2) is 0 Å². The first kappa shape index (κ1) is 18.8. The second kappa shape index (κ2) is 7.87. The molecular weight excluding hydrogens is 290 g/mol. The summed E-state index contributed by atoms with van der Waals surface area (Å²) in [7, 11) is -1.79. The molecule has 6 nitrogen and oxygen atoms in total. The number of hydrogen-bond acceptors (Lipinski definition) is 4. The van der Waals surface area contributed by atoms with Gasteiger partial charge in [0.25, 0.3) is 10.2 Å². The Morgan fingerprint density at radius 1 is 1.33 bits per heavy atom. The van der Waals surface area contributed by atoms with Crippen molar-refractivity contribution in [3.05, 3.63) is 0 Å². The maximum absolute atomic E-state index is 12.3. The van der Waals surface area contributed by atoms with Gasteiger partial charge >= 0.3 is 0 Å². The molecule has 1 rings (SSSR count). The van der Waals surface area contributed by atoms with Crippen LogP contribution in [0.25, 0.3) is 0 Å². The molecule has 7 heteroatoms.